The molecule has 0 radical (unpaired) electrons. The number of benzene rings is 2. The predicted octanol–water partition coefficient (Wildman–Crippen LogP) is 4.18. The number of nitrogens with zero attached hydrogens (tertiary/aromatic N) is 1. The largest absolute Gasteiger partial charge is 0.465 e. The highest BCUT2D eigenvalue weighted by Gasteiger charge is 2.30. The van der Waals surface area contributed by atoms with Crippen LogP contribution < -0.4 is 4.90 Å². The second kappa shape index (κ2) is 7.33. The Labute approximate surface area is 165 Å². The van der Waals surface area contributed by atoms with Crippen molar-refractivity contribution in [3.05, 3.63) is 63.8 Å². The Kier molecular flexibility index (Phi) is 4.87. The van der Waals surface area contributed by atoms with Crippen molar-refractivity contribution in [3.63, 3.8) is 0 Å². The number of esters is 1. The zero-order chi connectivity index (χ0) is 19.8. The Balaban J connectivity index is 1.75. The van der Waals surface area contributed by atoms with Crippen LogP contribution in [0.5, 0.6) is 0 Å². The molecule has 2 aromatic carbocycles. The summed E-state index contributed by atoms with van der Waals surface area (Å²) in [5.41, 5.74) is 2.71. The number of amides is 1. The summed E-state index contributed by atoms with van der Waals surface area (Å²) in [5.74, 6) is -0.948. The molecule has 0 fully saturated rings. The lowest BCUT2D eigenvalue weighted by atomic mass is 10.1. The quantitative estimate of drug-likeness (QED) is 0.618. The molecule has 1 aliphatic heterocycles. The summed E-state index contributed by atoms with van der Waals surface area (Å²) >= 11 is 1.27. The molecule has 3 aromatic rings. The van der Waals surface area contributed by atoms with Crippen molar-refractivity contribution in [1.82, 2.24) is 0 Å². The van der Waals surface area contributed by atoms with Crippen molar-refractivity contribution >= 4 is 39.0 Å². The van der Waals surface area contributed by atoms with Gasteiger partial charge in [-0.3, -0.25) is 4.79 Å². The van der Waals surface area contributed by atoms with Crippen molar-refractivity contribution in [2.75, 3.05) is 25.7 Å². The van der Waals surface area contributed by atoms with Crippen LogP contribution in [-0.2, 0) is 22.5 Å². The molecule has 0 bridgehead atoms. The van der Waals surface area contributed by atoms with E-state index in [0.717, 1.165) is 16.0 Å². The summed E-state index contributed by atoms with van der Waals surface area (Å²) in [4.78, 5) is 27.2. The third-order valence-corrected chi connectivity index (χ3v) is 6.07. The first-order chi connectivity index (χ1) is 13.5. The summed E-state index contributed by atoms with van der Waals surface area (Å²) in [6.07, 6.45) is 0.644. The first-order valence-corrected chi connectivity index (χ1v) is 9.58. The number of thiophene rings is 1. The second-order valence-electron chi connectivity index (χ2n) is 6.50. The molecule has 144 valence electrons. The van der Waals surface area contributed by atoms with Crippen molar-refractivity contribution in [2.45, 2.75) is 13.0 Å². The van der Waals surface area contributed by atoms with Gasteiger partial charge in [0, 0.05) is 35.0 Å². The highest BCUT2D eigenvalue weighted by Crippen LogP contribution is 2.37. The summed E-state index contributed by atoms with van der Waals surface area (Å²) in [5, 5.41) is 0.443. The lowest BCUT2D eigenvalue weighted by Gasteiger charge is -2.17. The van der Waals surface area contributed by atoms with E-state index in [1.54, 1.807) is 35.2 Å². The van der Waals surface area contributed by atoms with Gasteiger partial charge in [0.25, 0.3) is 5.91 Å². The van der Waals surface area contributed by atoms with Crippen molar-refractivity contribution in [2.24, 2.45) is 0 Å². The smallest absolute Gasteiger partial charge is 0.337 e. The number of carbonyl (C=O) groups is 2. The molecule has 0 saturated heterocycles. The number of methoxy groups -OCH3 is 2. The zero-order valence-electron chi connectivity index (χ0n) is 15.5. The van der Waals surface area contributed by atoms with E-state index >= 15 is 0 Å². The molecule has 1 aromatic heterocycles. The number of halogens is 1. The second-order valence-corrected chi connectivity index (χ2v) is 7.55. The molecule has 0 unspecified atom stereocenters. The standard InChI is InChI=1S/C21H18FNO4S/c1-26-11-14-18-15(22)4-3-5-17(18)28-19(14)20(24)23-9-8-12-10-13(21(25)27-2)6-7-16(12)23/h3-7,10H,8-9,11H2,1-2H3. The van der Waals surface area contributed by atoms with Crippen LogP contribution >= 0.6 is 11.3 Å². The van der Waals surface area contributed by atoms with Crippen LogP contribution in [-0.4, -0.2) is 32.6 Å². The molecule has 1 amide bonds. The molecule has 28 heavy (non-hydrogen) atoms. The molecular weight excluding hydrogens is 381 g/mol. The van der Waals surface area contributed by atoms with E-state index in [2.05, 4.69) is 0 Å². The van der Waals surface area contributed by atoms with Gasteiger partial charge >= 0.3 is 5.97 Å². The number of fused-ring (bicyclic) bond motifs is 2. The first kappa shape index (κ1) is 18.6. The number of anilines is 1. The van der Waals surface area contributed by atoms with Gasteiger partial charge < -0.3 is 14.4 Å². The van der Waals surface area contributed by atoms with E-state index in [0.29, 0.717) is 34.4 Å². The molecule has 1 aliphatic rings. The van der Waals surface area contributed by atoms with Gasteiger partial charge in [0.2, 0.25) is 0 Å². The van der Waals surface area contributed by atoms with Gasteiger partial charge in [-0.15, -0.1) is 11.3 Å². The average Bonchev–Trinajstić information content (AvgIpc) is 3.29. The minimum absolute atomic E-state index is 0.157. The molecule has 4 rings (SSSR count). The third kappa shape index (κ3) is 2.96. The van der Waals surface area contributed by atoms with Crippen LogP contribution in [0.1, 0.15) is 31.2 Å². The van der Waals surface area contributed by atoms with Gasteiger partial charge in [-0.1, -0.05) is 6.07 Å². The topological polar surface area (TPSA) is 55.8 Å². The Morgan fingerprint density at radius 3 is 2.79 bits per heavy atom. The van der Waals surface area contributed by atoms with Gasteiger partial charge in [0.05, 0.1) is 24.2 Å². The Bertz CT molecular complexity index is 1090. The lowest BCUT2D eigenvalue weighted by molar-refractivity contribution is 0.0600. The summed E-state index contributed by atoms with van der Waals surface area (Å²) < 4.78 is 25.1. The molecule has 0 spiro atoms. The van der Waals surface area contributed by atoms with E-state index in [-0.39, 0.29) is 18.3 Å². The minimum atomic E-state index is -0.407. The number of hydrogen-bond donors (Lipinski definition) is 0. The van der Waals surface area contributed by atoms with E-state index < -0.39 is 5.97 Å². The van der Waals surface area contributed by atoms with Crippen molar-refractivity contribution in [1.29, 1.82) is 0 Å². The third-order valence-electron chi connectivity index (χ3n) is 4.89. The monoisotopic (exact) mass is 399 g/mol. The SMILES string of the molecule is COCc1c(C(=O)N2CCc3cc(C(=O)OC)ccc32)sc2cccc(F)c12. The van der Waals surface area contributed by atoms with Crippen LogP contribution in [0.4, 0.5) is 10.1 Å². The van der Waals surface area contributed by atoms with Crippen LogP contribution in [0.15, 0.2) is 36.4 Å². The van der Waals surface area contributed by atoms with Gasteiger partial charge in [0.1, 0.15) is 5.82 Å². The van der Waals surface area contributed by atoms with Crippen LogP contribution in [0.3, 0.4) is 0 Å². The van der Waals surface area contributed by atoms with Crippen LogP contribution in [0.2, 0.25) is 0 Å². The maximum absolute atomic E-state index is 14.4. The fourth-order valence-corrected chi connectivity index (χ4v) is 4.77. The average molecular weight is 399 g/mol. The van der Waals surface area contributed by atoms with Crippen molar-refractivity contribution in [3.8, 4) is 0 Å². The highest BCUT2D eigenvalue weighted by molar-refractivity contribution is 7.21. The molecular formula is C21H18FNO4S. The van der Waals surface area contributed by atoms with Gasteiger partial charge in [-0.05, 0) is 42.3 Å². The molecule has 0 aliphatic carbocycles. The molecule has 7 heteroatoms. The fraction of sp³-hybridized carbons (Fsp3) is 0.238. The maximum atomic E-state index is 14.4. The number of hydrogen-bond acceptors (Lipinski definition) is 5. The predicted molar refractivity (Wildman–Crippen MR) is 106 cm³/mol. The van der Waals surface area contributed by atoms with E-state index in [1.165, 1.54) is 31.6 Å². The first-order valence-electron chi connectivity index (χ1n) is 8.77. The molecule has 0 atom stereocenters. The van der Waals surface area contributed by atoms with Gasteiger partial charge in [0.15, 0.2) is 0 Å². The summed E-state index contributed by atoms with van der Waals surface area (Å²) in [6, 6.07) is 10.0. The van der Waals surface area contributed by atoms with Crippen molar-refractivity contribution < 1.29 is 23.5 Å². The Morgan fingerprint density at radius 1 is 1.21 bits per heavy atom. The van der Waals surface area contributed by atoms with Crippen LogP contribution in [0, 0.1) is 5.82 Å². The lowest BCUT2D eigenvalue weighted by Crippen LogP contribution is -2.29. The number of rotatable bonds is 4. The molecule has 0 N–H and O–H groups in total. The van der Waals surface area contributed by atoms with Gasteiger partial charge in [-0.25, -0.2) is 9.18 Å². The zero-order valence-corrected chi connectivity index (χ0v) is 16.3. The molecule has 2 heterocycles. The Hall–Kier alpha value is -2.77. The minimum Gasteiger partial charge on any atom is -0.465 e. The van der Waals surface area contributed by atoms with Gasteiger partial charge in [-0.2, -0.15) is 0 Å². The highest BCUT2D eigenvalue weighted by atomic mass is 32.1. The number of carbonyl (C=O) groups excluding carboxylic acids is 2. The maximum Gasteiger partial charge on any atom is 0.337 e. The van der Waals surface area contributed by atoms with E-state index in [9.17, 15) is 14.0 Å². The fourth-order valence-electron chi connectivity index (χ4n) is 3.60. The van der Waals surface area contributed by atoms with E-state index in [4.69, 9.17) is 9.47 Å². The normalized spacial score (nSPS) is 13.0. The summed E-state index contributed by atoms with van der Waals surface area (Å²) in [6.45, 7) is 0.659. The summed E-state index contributed by atoms with van der Waals surface area (Å²) in [7, 11) is 2.86. The molecule has 5 nitrogen and oxygen atoms in total. The van der Waals surface area contributed by atoms with E-state index in [1.807, 2.05) is 0 Å². The number of ether oxygens (including phenoxy) is 2. The van der Waals surface area contributed by atoms with Crippen LogP contribution in [0.25, 0.3) is 10.1 Å². The molecule has 0 saturated carbocycles. The Morgan fingerprint density at radius 2 is 2.04 bits per heavy atom.